The average Bonchev–Trinajstić information content (AvgIpc) is 2.68. The summed E-state index contributed by atoms with van der Waals surface area (Å²) < 4.78 is -0.521. The lowest BCUT2D eigenvalue weighted by atomic mass is 10.0. The highest BCUT2D eigenvalue weighted by atomic mass is 32.2. The summed E-state index contributed by atoms with van der Waals surface area (Å²) in [5.74, 6) is -0.927. The van der Waals surface area contributed by atoms with Crippen LogP contribution in [0.1, 0.15) is 36.0 Å². The van der Waals surface area contributed by atoms with E-state index >= 15 is 0 Å². The van der Waals surface area contributed by atoms with E-state index < -0.39 is 22.1 Å². The Hall–Kier alpha value is -1.31. The maximum atomic E-state index is 11.3. The lowest BCUT2D eigenvalue weighted by Crippen LogP contribution is -2.43. The second-order valence-corrected chi connectivity index (χ2v) is 7.09. The molecule has 0 unspecified atom stereocenters. The van der Waals surface area contributed by atoms with Crippen LogP contribution in [0.4, 0.5) is 0 Å². The highest BCUT2D eigenvalue weighted by molar-refractivity contribution is 8.01. The van der Waals surface area contributed by atoms with Gasteiger partial charge in [-0.1, -0.05) is 0 Å². The van der Waals surface area contributed by atoms with E-state index in [4.69, 9.17) is 0 Å². The van der Waals surface area contributed by atoms with Gasteiger partial charge in [0.1, 0.15) is 11.8 Å². The Morgan fingerprint density at radius 2 is 2.20 bits per heavy atom. The van der Waals surface area contributed by atoms with E-state index in [0.29, 0.717) is 16.8 Å². The first-order chi connectivity index (χ1) is 9.27. The van der Waals surface area contributed by atoms with Gasteiger partial charge >= 0.3 is 5.97 Å². The van der Waals surface area contributed by atoms with Crippen molar-refractivity contribution in [3.8, 4) is 5.75 Å². The fraction of sp³-hybridized carbons (Fsp3) is 0.538. The highest BCUT2D eigenvalue weighted by Crippen LogP contribution is 2.48. The van der Waals surface area contributed by atoms with E-state index in [-0.39, 0.29) is 12.4 Å². The number of aliphatic hydroxyl groups excluding tert-OH is 1. The Kier molecular flexibility index (Phi) is 3.95. The number of rotatable bonds is 3. The van der Waals surface area contributed by atoms with E-state index in [1.54, 1.807) is 6.92 Å². The number of hydrogen-bond acceptors (Lipinski definition) is 6. The quantitative estimate of drug-likeness (QED) is 0.664. The van der Waals surface area contributed by atoms with Crippen molar-refractivity contribution < 1.29 is 20.1 Å². The minimum absolute atomic E-state index is 0.00314. The molecule has 1 aliphatic heterocycles. The Labute approximate surface area is 121 Å². The SMILES string of the molecule is Cc1ncc(CO)c([C@H]2N[C@@H](C(=O)O)C(C)(C)S2)c1O. The van der Waals surface area contributed by atoms with Gasteiger partial charge in [0, 0.05) is 22.1 Å². The molecule has 0 spiro atoms. The third-order valence-corrected chi connectivity index (χ3v) is 4.92. The zero-order chi connectivity index (χ0) is 15.1. The molecule has 0 bridgehead atoms. The van der Waals surface area contributed by atoms with Crippen LogP contribution in [0.5, 0.6) is 5.75 Å². The van der Waals surface area contributed by atoms with Crippen LogP contribution in [0.15, 0.2) is 6.20 Å². The van der Waals surface area contributed by atoms with Gasteiger partial charge in [-0.15, -0.1) is 11.8 Å². The summed E-state index contributed by atoms with van der Waals surface area (Å²) in [6.07, 6.45) is 1.51. The second kappa shape index (κ2) is 5.23. The monoisotopic (exact) mass is 298 g/mol. The van der Waals surface area contributed by atoms with Crippen molar-refractivity contribution in [1.29, 1.82) is 0 Å². The minimum atomic E-state index is -0.930. The van der Waals surface area contributed by atoms with Gasteiger partial charge in [0.05, 0.1) is 17.7 Å². The summed E-state index contributed by atoms with van der Waals surface area (Å²) >= 11 is 1.42. The molecule has 20 heavy (non-hydrogen) atoms. The molecule has 1 aromatic rings. The van der Waals surface area contributed by atoms with Gasteiger partial charge in [0.25, 0.3) is 0 Å². The fourth-order valence-electron chi connectivity index (χ4n) is 2.34. The molecule has 6 nitrogen and oxygen atoms in total. The predicted molar refractivity (Wildman–Crippen MR) is 75.5 cm³/mol. The van der Waals surface area contributed by atoms with E-state index in [9.17, 15) is 20.1 Å². The molecule has 2 atom stereocenters. The first kappa shape index (κ1) is 15.1. The maximum absolute atomic E-state index is 11.3. The van der Waals surface area contributed by atoms with Crippen molar-refractivity contribution in [2.45, 2.75) is 43.5 Å². The minimum Gasteiger partial charge on any atom is -0.506 e. The molecule has 2 rings (SSSR count). The molecule has 0 aromatic carbocycles. The number of carbonyl (C=O) groups is 1. The number of aryl methyl sites for hydroxylation is 1. The van der Waals surface area contributed by atoms with E-state index in [1.165, 1.54) is 18.0 Å². The molecule has 0 radical (unpaired) electrons. The normalized spacial score (nSPS) is 24.8. The number of aromatic hydroxyl groups is 1. The van der Waals surface area contributed by atoms with Gasteiger partial charge in [0.15, 0.2) is 0 Å². The summed E-state index contributed by atoms with van der Waals surface area (Å²) in [6, 6.07) is -0.725. The average molecular weight is 298 g/mol. The smallest absolute Gasteiger partial charge is 0.322 e. The van der Waals surface area contributed by atoms with Gasteiger partial charge < -0.3 is 15.3 Å². The Morgan fingerprint density at radius 1 is 1.55 bits per heavy atom. The molecule has 2 heterocycles. The van der Waals surface area contributed by atoms with Crippen LogP contribution in [0, 0.1) is 6.92 Å². The summed E-state index contributed by atoms with van der Waals surface area (Å²) in [7, 11) is 0. The van der Waals surface area contributed by atoms with Gasteiger partial charge in [-0.25, -0.2) is 0 Å². The van der Waals surface area contributed by atoms with E-state index in [0.717, 1.165) is 0 Å². The van der Waals surface area contributed by atoms with Crippen molar-refractivity contribution in [2.24, 2.45) is 0 Å². The van der Waals surface area contributed by atoms with Crippen molar-refractivity contribution >= 4 is 17.7 Å². The Balaban J connectivity index is 2.44. The van der Waals surface area contributed by atoms with Crippen molar-refractivity contribution in [2.75, 3.05) is 0 Å². The van der Waals surface area contributed by atoms with Gasteiger partial charge in [-0.3, -0.25) is 15.1 Å². The number of nitrogens with one attached hydrogen (secondary N) is 1. The molecule has 1 saturated heterocycles. The number of aliphatic carboxylic acids is 1. The number of carboxylic acids is 1. The zero-order valence-electron chi connectivity index (χ0n) is 11.5. The fourth-order valence-corrected chi connectivity index (χ4v) is 3.84. The standard InChI is InChI=1S/C13H18N2O4S/c1-6-9(17)8(7(5-16)4-14-6)11-15-10(12(18)19)13(2,3)20-11/h4,10-11,15-17H,5H2,1-3H3,(H,18,19)/t10-,11-/m0/s1. The van der Waals surface area contributed by atoms with E-state index in [1.807, 2.05) is 13.8 Å². The van der Waals surface area contributed by atoms with Gasteiger partial charge in [-0.05, 0) is 20.8 Å². The van der Waals surface area contributed by atoms with Crippen LogP contribution in [-0.4, -0.2) is 37.1 Å². The van der Waals surface area contributed by atoms with Crippen LogP contribution in [-0.2, 0) is 11.4 Å². The number of aliphatic hydroxyl groups is 1. The van der Waals surface area contributed by atoms with Crippen LogP contribution < -0.4 is 5.32 Å². The molecule has 0 amide bonds. The molecule has 1 aromatic heterocycles. The summed E-state index contributed by atoms with van der Waals surface area (Å²) in [5, 5.41) is 31.5. The summed E-state index contributed by atoms with van der Waals surface area (Å²) in [6.45, 7) is 5.09. The van der Waals surface area contributed by atoms with Gasteiger partial charge in [0.2, 0.25) is 0 Å². The van der Waals surface area contributed by atoms with Crippen molar-refractivity contribution in [3.63, 3.8) is 0 Å². The van der Waals surface area contributed by atoms with Crippen molar-refractivity contribution in [3.05, 3.63) is 23.0 Å². The van der Waals surface area contributed by atoms with Crippen LogP contribution in [0.2, 0.25) is 0 Å². The van der Waals surface area contributed by atoms with E-state index in [2.05, 4.69) is 10.3 Å². The number of pyridine rings is 1. The highest BCUT2D eigenvalue weighted by Gasteiger charge is 2.46. The molecular weight excluding hydrogens is 280 g/mol. The summed E-state index contributed by atoms with van der Waals surface area (Å²) in [5.41, 5.74) is 1.47. The molecular formula is C13H18N2O4S. The van der Waals surface area contributed by atoms with Crippen LogP contribution >= 0.6 is 11.8 Å². The number of carboxylic acid groups (broad SMARTS) is 1. The third-order valence-electron chi connectivity index (χ3n) is 3.47. The number of nitrogens with zero attached hydrogens (tertiary/aromatic N) is 1. The molecule has 4 N–H and O–H groups in total. The topological polar surface area (TPSA) is 103 Å². The molecule has 110 valence electrons. The molecule has 1 aliphatic rings. The lowest BCUT2D eigenvalue weighted by molar-refractivity contribution is -0.139. The third kappa shape index (κ3) is 2.48. The number of thioether (sulfide) groups is 1. The lowest BCUT2D eigenvalue weighted by Gasteiger charge is -2.21. The van der Waals surface area contributed by atoms with Gasteiger partial charge in [-0.2, -0.15) is 0 Å². The predicted octanol–water partition coefficient (Wildman–Crippen LogP) is 1.15. The molecule has 1 fully saturated rings. The largest absolute Gasteiger partial charge is 0.506 e. The first-order valence-electron chi connectivity index (χ1n) is 6.22. The second-order valence-electron chi connectivity index (χ2n) is 5.33. The molecule has 0 saturated carbocycles. The van der Waals surface area contributed by atoms with Crippen molar-refractivity contribution in [1.82, 2.24) is 10.3 Å². The number of aromatic nitrogens is 1. The zero-order valence-corrected chi connectivity index (χ0v) is 12.4. The van der Waals surface area contributed by atoms with Crippen LogP contribution in [0.3, 0.4) is 0 Å². The first-order valence-corrected chi connectivity index (χ1v) is 7.10. The Bertz CT molecular complexity index is 547. The maximum Gasteiger partial charge on any atom is 0.322 e. The summed E-state index contributed by atoms with van der Waals surface area (Å²) in [4.78, 5) is 15.3. The van der Waals surface area contributed by atoms with Crippen LogP contribution in [0.25, 0.3) is 0 Å². The Morgan fingerprint density at radius 3 is 2.70 bits per heavy atom. The number of hydrogen-bond donors (Lipinski definition) is 4. The molecule has 7 heteroatoms. The molecule has 0 aliphatic carbocycles.